The van der Waals surface area contributed by atoms with Crippen LogP contribution in [0.15, 0.2) is 47.5 Å². The molecule has 1 aromatic heterocycles. The number of hydrogen-bond donors (Lipinski definition) is 2. The van der Waals surface area contributed by atoms with Gasteiger partial charge in [-0.1, -0.05) is 6.07 Å². The Morgan fingerprint density at radius 1 is 1.22 bits per heavy atom. The molecule has 0 radical (unpaired) electrons. The van der Waals surface area contributed by atoms with Crippen molar-refractivity contribution in [2.45, 2.75) is 4.90 Å². The highest BCUT2D eigenvalue weighted by atomic mass is 32.2. The summed E-state index contributed by atoms with van der Waals surface area (Å²) in [5.74, 6) is -0.0623. The van der Waals surface area contributed by atoms with Crippen molar-refractivity contribution in [1.29, 1.82) is 0 Å². The molecule has 144 valence electrons. The van der Waals surface area contributed by atoms with Crippen molar-refractivity contribution < 1.29 is 22.8 Å². The zero-order valence-electron chi connectivity index (χ0n) is 15.3. The van der Waals surface area contributed by atoms with Crippen molar-refractivity contribution in [3.05, 3.63) is 48.3 Å². The third-order valence-corrected chi connectivity index (χ3v) is 6.43. The highest BCUT2D eigenvalue weighted by Gasteiger charge is 2.29. The van der Waals surface area contributed by atoms with Crippen molar-refractivity contribution in [2.24, 2.45) is 0 Å². The molecular formula is C18H23N4O4S+. The van der Waals surface area contributed by atoms with Gasteiger partial charge in [0.1, 0.15) is 11.4 Å². The van der Waals surface area contributed by atoms with E-state index in [1.165, 1.54) is 34.6 Å². The highest BCUT2D eigenvalue weighted by Crippen LogP contribution is 2.29. The van der Waals surface area contributed by atoms with Crippen LogP contribution in [0.1, 0.15) is 10.5 Å². The van der Waals surface area contributed by atoms with Gasteiger partial charge in [0.2, 0.25) is 10.0 Å². The van der Waals surface area contributed by atoms with Gasteiger partial charge in [-0.3, -0.25) is 9.78 Å². The summed E-state index contributed by atoms with van der Waals surface area (Å²) in [5.41, 5.74) is 0.517. The average Bonchev–Trinajstić information content (AvgIpc) is 2.69. The van der Waals surface area contributed by atoms with Crippen LogP contribution >= 0.6 is 0 Å². The van der Waals surface area contributed by atoms with E-state index in [9.17, 15) is 13.2 Å². The first-order valence-electron chi connectivity index (χ1n) is 8.63. The number of pyridine rings is 1. The number of ether oxygens (including phenoxy) is 1. The number of quaternary nitrogens is 1. The maximum Gasteiger partial charge on any atom is 0.274 e. The molecular weight excluding hydrogens is 368 g/mol. The summed E-state index contributed by atoms with van der Waals surface area (Å²) in [6.07, 6.45) is 1.52. The number of aromatic nitrogens is 1. The van der Waals surface area contributed by atoms with Crippen molar-refractivity contribution in [1.82, 2.24) is 9.29 Å². The van der Waals surface area contributed by atoms with Gasteiger partial charge in [0.25, 0.3) is 5.91 Å². The van der Waals surface area contributed by atoms with Crippen molar-refractivity contribution in [3.63, 3.8) is 0 Å². The number of rotatable bonds is 5. The number of hydrogen-bond acceptors (Lipinski definition) is 5. The Morgan fingerprint density at radius 3 is 2.59 bits per heavy atom. The number of nitrogens with zero attached hydrogens (tertiary/aromatic N) is 2. The molecule has 0 aliphatic carbocycles. The van der Waals surface area contributed by atoms with Crippen LogP contribution < -0.4 is 15.0 Å². The fourth-order valence-corrected chi connectivity index (χ4v) is 4.35. The smallest absolute Gasteiger partial charge is 0.274 e. The molecule has 0 bridgehead atoms. The molecule has 0 atom stereocenters. The maximum absolute atomic E-state index is 13.0. The molecule has 1 saturated heterocycles. The van der Waals surface area contributed by atoms with E-state index >= 15 is 0 Å². The molecule has 1 aliphatic heterocycles. The van der Waals surface area contributed by atoms with E-state index in [1.54, 1.807) is 24.3 Å². The Kier molecular flexibility index (Phi) is 5.73. The lowest BCUT2D eigenvalue weighted by Gasteiger charge is -2.29. The molecule has 2 N–H and O–H groups in total. The minimum absolute atomic E-state index is 0.124. The molecule has 0 saturated carbocycles. The van der Waals surface area contributed by atoms with E-state index in [0.29, 0.717) is 18.8 Å². The van der Waals surface area contributed by atoms with Gasteiger partial charge in [0.15, 0.2) is 0 Å². The van der Waals surface area contributed by atoms with Crippen LogP contribution in [-0.4, -0.2) is 64.0 Å². The monoisotopic (exact) mass is 391 g/mol. The van der Waals surface area contributed by atoms with E-state index in [2.05, 4.69) is 10.3 Å². The predicted molar refractivity (Wildman–Crippen MR) is 101 cm³/mol. The quantitative estimate of drug-likeness (QED) is 0.740. The second-order valence-electron chi connectivity index (χ2n) is 6.39. The minimum atomic E-state index is -3.64. The molecule has 2 heterocycles. The summed E-state index contributed by atoms with van der Waals surface area (Å²) in [6.45, 7) is 2.46. The number of likely N-dealkylation sites (N-methyl/N-ethyl adjacent to an activating group) is 1. The van der Waals surface area contributed by atoms with Crippen molar-refractivity contribution >= 4 is 21.6 Å². The van der Waals surface area contributed by atoms with E-state index < -0.39 is 15.9 Å². The van der Waals surface area contributed by atoms with E-state index in [1.807, 2.05) is 7.05 Å². The van der Waals surface area contributed by atoms with Crippen molar-refractivity contribution in [2.75, 3.05) is 45.7 Å². The second kappa shape index (κ2) is 8.03. The lowest BCUT2D eigenvalue weighted by atomic mass is 10.2. The average molecular weight is 391 g/mol. The Labute approximate surface area is 158 Å². The number of anilines is 1. The second-order valence-corrected chi connectivity index (χ2v) is 8.33. The van der Waals surface area contributed by atoms with Gasteiger partial charge in [0, 0.05) is 6.20 Å². The summed E-state index contributed by atoms with van der Waals surface area (Å²) >= 11 is 0. The summed E-state index contributed by atoms with van der Waals surface area (Å²) in [4.78, 5) is 17.8. The number of carbonyl (C=O) groups excluding carboxylic acids is 1. The van der Waals surface area contributed by atoms with E-state index in [0.717, 1.165) is 13.1 Å². The van der Waals surface area contributed by atoms with Crippen LogP contribution in [-0.2, 0) is 10.0 Å². The first-order valence-corrected chi connectivity index (χ1v) is 10.1. The number of nitrogens with one attached hydrogen (secondary N) is 2. The Hall–Kier alpha value is -2.49. The fraction of sp³-hybridized carbons (Fsp3) is 0.333. The highest BCUT2D eigenvalue weighted by molar-refractivity contribution is 7.89. The standard InChI is InChI=1S/C18H22N4O4S/c1-21-9-11-22(12-10-21)27(24,25)14-6-7-17(26-2)16(13-14)20-18(23)15-5-3-4-8-19-15/h3-8,13H,9-12H2,1-2H3,(H,20,23)/p+1. The summed E-state index contributed by atoms with van der Waals surface area (Å²) in [7, 11) is -0.130. The molecule has 1 aliphatic rings. The zero-order chi connectivity index (χ0) is 19.4. The van der Waals surface area contributed by atoms with Gasteiger partial charge >= 0.3 is 0 Å². The first kappa shape index (κ1) is 19.3. The van der Waals surface area contributed by atoms with Gasteiger partial charge in [-0.15, -0.1) is 0 Å². The molecule has 1 amide bonds. The Balaban J connectivity index is 1.88. The molecule has 27 heavy (non-hydrogen) atoms. The molecule has 8 nitrogen and oxygen atoms in total. The van der Waals surface area contributed by atoms with Crippen LogP contribution in [0.2, 0.25) is 0 Å². The van der Waals surface area contributed by atoms with E-state index in [4.69, 9.17) is 4.74 Å². The zero-order valence-corrected chi connectivity index (χ0v) is 16.1. The third-order valence-electron chi connectivity index (χ3n) is 4.53. The molecule has 2 aromatic rings. The number of piperazine rings is 1. The molecule has 0 unspecified atom stereocenters. The predicted octanol–water partition coefficient (Wildman–Crippen LogP) is -0.138. The van der Waals surface area contributed by atoms with Crippen LogP contribution in [0.5, 0.6) is 5.75 Å². The van der Waals surface area contributed by atoms with Gasteiger partial charge in [-0.2, -0.15) is 4.31 Å². The normalized spacial score (nSPS) is 16.1. The minimum Gasteiger partial charge on any atom is -0.495 e. The Morgan fingerprint density at radius 2 is 1.96 bits per heavy atom. The lowest BCUT2D eigenvalue weighted by molar-refractivity contribution is -0.883. The summed E-state index contributed by atoms with van der Waals surface area (Å²) in [6, 6.07) is 9.46. The maximum atomic E-state index is 13.0. The summed E-state index contributed by atoms with van der Waals surface area (Å²) < 4.78 is 32.6. The number of carbonyl (C=O) groups is 1. The van der Waals surface area contributed by atoms with Crippen LogP contribution in [0.25, 0.3) is 0 Å². The molecule has 9 heteroatoms. The van der Waals surface area contributed by atoms with Gasteiger partial charge < -0.3 is 15.0 Å². The largest absolute Gasteiger partial charge is 0.495 e. The number of sulfonamides is 1. The van der Waals surface area contributed by atoms with Crippen molar-refractivity contribution in [3.8, 4) is 5.75 Å². The summed E-state index contributed by atoms with van der Waals surface area (Å²) in [5, 5.41) is 2.69. The van der Waals surface area contributed by atoms with Gasteiger partial charge in [-0.25, -0.2) is 8.42 Å². The van der Waals surface area contributed by atoms with E-state index in [-0.39, 0.29) is 16.3 Å². The molecule has 1 aromatic carbocycles. The van der Waals surface area contributed by atoms with Gasteiger partial charge in [-0.05, 0) is 30.3 Å². The van der Waals surface area contributed by atoms with Crippen LogP contribution in [0.4, 0.5) is 5.69 Å². The molecule has 3 rings (SSSR count). The number of methoxy groups -OCH3 is 1. The fourth-order valence-electron chi connectivity index (χ4n) is 2.89. The first-order chi connectivity index (χ1) is 12.9. The van der Waals surface area contributed by atoms with Gasteiger partial charge in [0.05, 0.1) is 50.9 Å². The number of benzene rings is 1. The van der Waals surface area contributed by atoms with Crippen LogP contribution in [0, 0.1) is 0 Å². The third kappa shape index (κ3) is 4.26. The SMILES string of the molecule is COc1ccc(S(=O)(=O)N2CC[NH+](C)CC2)cc1NC(=O)c1ccccn1. The Bertz CT molecular complexity index is 910. The topological polar surface area (TPSA) is 93.0 Å². The number of amides is 1. The molecule has 0 spiro atoms. The molecule has 1 fully saturated rings. The lowest BCUT2D eigenvalue weighted by Crippen LogP contribution is -3.12. The van der Waals surface area contributed by atoms with Crippen LogP contribution in [0.3, 0.4) is 0 Å².